The van der Waals surface area contributed by atoms with Gasteiger partial charge in [-0.3, -0.25) is 25.2 Å². The van der Waals surface area contributed by atoms with Gasteiger partial charge in [-0.2, -0.15) is 0 Å². The van der Waals surface area contributed by atoms with Crippen LogP contribution in [0.4, 0.5) is 16.2 Å². The number of carboxylic acid groups (broad SMARTS) is 1. The van der Waals surface area contributed by atoms with Gasteiger partial charge in [-0.05, 0) is 74.7 Å². The molecule has 3 aromatic rings. The fourth-order valence-electron chi connectivity index (χ4n) is 4.70. The summed E-state index contributed by atoms with van der Waals surface area (Å²) < 4.78 is 5.18. The minimum atomic E-state index is -0.884. The number of hydrogen-bond acceptors (Lipinski definition) is 7. The van der Waals surface area contributed by atoms with Crippen molar-refractivity contribution in [1.82, 2.24) is 10.2 Å². The zero-order chi connectivity index (χ0) is 30.3. The van der Waals surface area contributed by atoms with Gasteiger partial charge in [0.15, 0.2) is 0 Å². The van der Waals surface area contributed by atoms with E-state index in [0.717, 1.165) is 24.2 Å². The number of anilines is 2. The molecular formula is C32H37N5O5. The first-order valence-electron chi connectivity index (χ1n) is 13.8. The second kappa shape index (κ2) is 13.3. The summed E-state index contributed by atoms with van der Waals surface area (Å²) in [6.07, 6.45) is 0.0970. The number of benzene rings is 3. The van der Waals surface area contributed by atoms with Crippen LogP contribution in [0.5, 0.6) is 0 Å². The standard InChI is InChI=1S/C32H37N5O5/c1-32(2,3)42-31(41)36-29(33)22-11-13-25(14-12-22)35-30(40)23-9-10-24-19-37(16-15-21-7-5-4-6-8-21)20-26(18-28(38)39)34-27(24)17-23/h4-14,17,26,34H,15-16,18-20H2,1-3H3,(H,35,40)(H,38,39)(H2,33,36,41)/t26-/m1/s1. The number of amidine groups is 1. The van der Waals surface area contributed by atoms with Crippen molar-refractivity contribution in [1.29, 1.82) is 5.41 Å². The van der Waals surface area contributed by atoms with Crippen LogP contribution < -0.4 is 16.0 Å². The smallest absolute Gasteiger partial charge is 0.413 e. The third kappa shape index (κ3) is 8.90. The van der Waals surface area contributed by atoms with Gasteiger partial charge in [-0.15, -0.1) is 0 Å². The summed E-state index contributed by atoms with van der Waals surface area (Å²) in [5.41, 5.74) is 3.68. The number of carbonyl (C=O) groups is 3. The number of carbonyl (C=O) groups excluding carboxylic acids is 2. The van der Waals surface area contributed by atoms with Gasteiger partial charge in [0.25, 0.3) is 5.91 Å². The van der Waals surface area contributed by atoms with Gasteiger partial charge in [-0.1, -0.05) is 36.4 Å². The van der Waals surface area contributed by atoms with E-state index in [0.29, 0.717) is 29.9 Å². The van der Waals surface area contributed by atoms with Crippen LogP contribution in [0, 0.1) is 5.41 Å². The van der Waals surface area contributed by atoms with Crippen molar-refractivity contribution in [3.63, 3.8) is 0 Å². The molecule has 10 heteroatoms. The van der Waals surface area contributed by atoms with Crippen molar-refractivity contribution in [2.45, 2.75) is 51.8 Å². The number of nitrogens with zero attached hydrogens (tertiary/aromatic N) is 1. The van der Waals surface area contributed by atoms with Gasteiger partial charge in [0, 0.05) is 48.2 Å². The van der Waals surface area contributed by atoms with Crippen LogP contribution in [0.3, 0.4) is 0 Å². The molecule has 2 amide bonds. The Balaban J connectivity index is 1.42. The summed E-state index contributed by atoms with van der Waals surface area (Å²) in [6.45, 7) is 7.21. The average Bonchev–Trinajstić information content (AvgIpc) is 3.09. The molecule has 5 N–H and O–H groups in total. The van der Waals surface area contributed by atoms with Gasteiger partial charge in [-0.25, -0.2) is 4.79 Å². The number of carboxylic acids is 1. The molecule has 220 valence electrons. The van der Waals surface area contributed by atoms with Crippen molar-refractivity contribution < 1.29 is 24.2 Å². The number of amides is 2. The second-order valence-corrected chi connectivity index (χ2v) is 11.3. The van der Waals surface area contributed by atoms with E-state index in [1.54, 1.807) is 57.2 Å². The van der Waals surface area contributed by atoms with Gasteiger partial charge in [0.05, 0.1) is 6.42 Å². The Morgan fingerprint density at radius 2 is 1.71 bits per heavy atom. The van der Waals surface area contributed by atoms with Crippen LogP contribution >= 0.6 is 0 Å². The molecule has 10 nitrogen and oxygen atoms in total. The summed E-state index contributed by atoms with van der Waals surface area (Å²) in [7, 11) is 0. The van der Waals surface area contributed by atoms with E-state index in [1.807, 2.05) is 24.3 Å². The molecule has 0 saturated carbocycles. The molecule has 1 aliphatic rings. The number of alkyl carbamates (subject to hydrolysis) is 1. The first-order valence-corrected chi connectivity index (χ1v) is 13.8. The van der Waals surface area contributed by atoms with Gasteiger partial charge >= 0.3 is 12.1 Å². The maximum absolute atomic E-state index is 13.1. The zero-order valence-corrected chi connectivity index (χ0v) is 24.1. The summed E-state index contributed by atoms with van der Waals surface area (Å²) in [6, 6.07) is 21.8. The Bertz CT molecular complexity index is 1430. The molecule has 1 heterocycles. The van der Waals surface area contributed by atoms with Crippen molar-refractivity contribution in [2.24, 2.45) is 0 Å². The fraction of sp³-hybridized carbons (Fsp3) is 0.312. The lowest BCUT2D eigenvalue weighted by Gasteiger charge is -2.23. The Kier molecular flexibility index (Phi) is 9.59. The molecule has 0 saturated heterocycles. The predicted molar refractivity (Wildman–Crippen MR) is 162 cm³/mol. The Morgan fingerprint density at radius 1 is 1.02 bits per heavy atom. The highest BCUT2D eigenvalue weighted by molar-refractivity contribution is 6.06. The molecule has 0 radical (unpaired) electrons. The summed E-state index contributed by atoms with van der Waals surface area (Å²) >= 11 is 0. The lowest BCUT2D eigenvalue weighted by atomic mass is 10.1. The molecule has 3 aromatic carbocycles. The highest BCUT2D eigenvalue weighted by Gasteiger charge is 2.24. The minimum absolute atomic E-state index is 0.0398. The summed E-state index contributed by atoms with van der Waals surface area (Å²) in [5, 5.41) is 26.2. The minimum Gasteiger partial charge on any atom is -0.481 e. The summed E-state index contributed by atoms with van der Waals surface area (Å²) in [5.74, 6) is -1.33. The molecule has 1 aliphatic heterocycles. The van der Waals surface area contributed by atoms with Crippen molar-refractivity contribution in [2.75, 3.05) is 23.7 Å². The van der Waals surface area contributed by atoms with E-state index >= 15 is 0 Å². The van der Waals surface area contributed by atoms with Crippen molar-refractivity contribution in [3.8, 4) is 0 Å². The Hall–Kier alpha value is -4.70. The fourth-order valence-corrected chi connectivity index (χ4v) is 4.70. The molecule has 0 aromatic heterocycles. The van der Waals surface area contributed by atoms with E-state index in [-0.39, 0.29) is 24.2 Å². The number of hydrogen-bond donors (Lipinski definition) is 5. The molecule has 0 aliphatic carbocycles. The van der Waals surface area contributed by atoms with Crippen LogP contribution in [0.25, 0.3) is 0 Å². The van der Waals surface area contributed by atoms with E-state index in [9.17, 15) is 19.5 Å². The van der Waals surface area contributed by atoms with Gasteiger partial charge < -0.3 is 20.5 Å². The highest BCUT2D eigenvalue weighted by atomic mass is 16.6. The van der Waals surface area contributed by atoms with E-state index in [1.165, 1.54) is 5.56 Å². The second-order valence-electron chi connectivity index (χ2n) is 11.3. The molecule has 0 spiro atoms. The lowest BCUT2D eigenvalue weighted by Crippen LogP contribution is -2.36. The van der Waals surface area contributed by atoms with Crippen LogP contribution in [-0.2, 0) is 22.5 Å². The SMILES string of the molecule is CC(C)(C)OC(=O)NC(=N)c1ccc(NC(=O)c2ccc3c(c2)N[C@H](CC(=O)O)CN(CCc2ccccc2)C3)cc1. The molecule has 0 fully saturated rings. The molecule has 42 heavy (non-hydrogen) atoms. The third-order valence-corrected chi connectivity index (χ3v) is 6.64. The molecule has 0 unspecified atom stereocenters. The first-order chi connectivity index (χ1) is 19.9. The number of ether oxygens (including phenoxy) is 1. The lowest BCUT2D eigenvalue weighted by molar-refractivity contribution is -0.137. The molecule has 0 bridgehead atoms. The monoisotopic (exact) mass is 571 g/mol. The maximum Gasteiger partial charge on any atom is 0.413 e. The third-order valence-electron chi connectivity index (χ3n) is 6.64. The van der Waals surface area contributed by atoms with Crippen LogP contribution in [0.2, 0.25) is 0 Å². The highest BCUT2D eigenvalue weighted by Crippen LogP contribution is 2.26. The van der Waals surface area contributed by atoms with Gasteiger partial charge in [0.1, 0.15) is 11.4 Å². The number of fused-ring (bicyclic) bond motifs is 1. The predicted octanol–water partition coefficient (Wildman–Crippen LogP) is 5.10. The largest absolute Gasteiger partial charge is 0.481 e. The normalized spacial score (nSPS) is 15.0. The van der Waals surface area contributed by atoms with Crippen molar-refractivity contribution in [3.05, 3.63) is 95.1 Å². The van der Waals surface area contributed by atoms with Crippen molar-refractivity contribution >= 4 is 35.2 Å². The summed E-state index contributed by atoms with van der Waals surface area (Å²) in [4.78, 5) is 38.9. The van der Waals surface area contributed by atoms with E-state index < -0.39 is 17.7 Å². The topological polar surface area (TPSA) is 144 Å². The number of rotatable bonds is 8. The molecular weight excluding hydrogens is 534 g/mol. The van der Waals surface area contributed by atoms with Crippen LogP contribution in [0.15, 0.2) is 72.8 Å². The number of aliphatic carboxylic acids is 1. The Morgan fingerprint density at radius 3 is 2.38 bits per heavy atom. The molecule has 1 atom stereocenters. The first kappa shape index (κ1) is 30.3. The Labute approximate surface area is 245 Å². The quantitative estimate of drug-likeness (QED) is 0.187. The van der Waals surface area contributed by atoms with Crippen LogP contribution in [-0.4, -0.2) is 58.5 Å². The zero-order valence-electron chi connectivity index (χ0n) is 24.1. The molecule has 4 rings (SSSR count). The van der Waals surface area contributed by atoms with E-state index in [2.05, 4.69) is 33.0 Å². The number of nitrogens with one attached hydrogen (secondary N) is 4. The van der Waals surface area contributed by atoms with E-state index in [4.69, 9.17) is 10.1 Å². The van der Waals surface area contributed by atoms with Gasteiger partial charge in [0.2, 0.25) is 0 Å². The average molecular weight is 572 g/mol. The maximum atomic E-state index is 13.1. The van der Waals surface area contributed by atoms with Crippen LogP contribution in [0.1, 0.15) is 54.2 Å².